The summed E-state index contributed by atoms with van der Waals surface area (Å²) in [5.74, 6) is 0.0197. The zero-order chi connectivity index (χ0) is 20.8. The van der Waals surface area contributed by atoms with Gasteiger partial charge in [0.2, 0.25) is 5.88 Å². The number of carboxylic acids is 1. The summed E-state index contributed by atoms with van der Waals surface area (Å²) in [6, 6.07) is 8.34. The van der Waals surface area contributed by atoms with Gasteiger partial charge >= 0.3 is 0 Å². The monoisotopic (exact) mass is 398 g/mol. The number of nitrogens with two attached hydrogens (primary N) is 1. The predicted octanol–water partition coefficient (Wildman–Crippen LogP) is 3.24. The Morgan fingerprint density at radius 3 is 2.48 bits per heavy atom. The largest absolute Gasteiger partial charge is 0.481 e. The quantitative estimate of drug-likeness (QED) is 0.797. The van der Waals surface area contributed by atoms with Crippen molar-refractivity contribution in [3.8, 4) is 5.88 Å². The van der Waals surface area contributed by atoms with Gasteiger partial charge in [0, 0.05) is 12.6 Å². The molecule has 2 heterocycles. The summed E-state index contributed by atoms with van der Waals surface area (Å²) in [5, 5.41) is 7.42. The molecule has 1 aromatic carbocycles. The molecule has 8 heteroatoms. The minimum absolute atomic E-state index is 0.153. The van der Waals surface area contributed by atoms with E-state index in [0.717, 1.165) is 12.6 Å². The molecule has 1 amide bonds. The van der Waals surface area contributed by atoms with Crippen LogP contribution in [0.1, 0.15) is 60.9 Å². The van der Waals surface area contributed by atoms with Gasteiger partial charge in [0.05, 0.1) is 6.54 Å². The average Bonchev–Trinajstić information content (AvgIpc) is 2.88. The number of anilines is 2. The molecule has 1 aliphatic heterocycles. The Morgan fingerprint density at radius 2 is 1.83 bits per heavy atom. The highest BCUT2D eigenvalue weighted by molar-refractivity contribution is 6.10. The van der Waals surface area contributed by atoms with Crippen LogP contribution >= 0.6 is 0 Å². The van der Waals surface area contributed by atoms with Crippen LogP contribution in [0.15, 0.2) is 30.6 Å². The smallest absolute Gasteiger partial charge is 0.300 e. The van der Waals surface area contributed by atoms with Gasteiger partial charge in [0.15, 0.2) is 0 Å². The lowest BCUT2D eigenvalue weighted by Gasteiger charge is -2.24. The summed E-state index contributed by atoms with van der Waals surface area (Å²) in [5.41, 5.74) is 8.35. The zero-order valence-electron chi connectivity index (χ0n) is 16.5. The van der Waals surface area contributed by atoms with Crippen molar-refractivity contribution in [1.82, 2.24) is 9.97 Å². The molecule has 29 heavy (non-hydrogen) atoms. The van der Waals surface area contributed by atoms with Gasteiger partial charge in [-0.1, -0.05) is 31.4 Å². The topological polar surface area (TPSA) is 119 Å². The molecule has 1 saturated carbocycles. The second kappa shape index (κ2) is 9.36. The Labute approximate surface area is 169 Å². The lowest BCUT2D eigenvalue weighted by Crippen LogP contribution is -2.32. The molecule has 2 aliphatic rings. The van der Waals surface area contributed by atoms with Crippen molar-refractivity contribution in [3.05, 3.63) is 41.7 Å². The third-order valence-corrected chi connectivity index (χ3v) is 5.14. The predicted molar refractivity (Wildman–Crippen MR) is 109 cm³/mol. The first-order valence-electron chi connectivity index (χ1n) is 9.82. The highest BCUT2D eigenvalue weighted by Crippen LogP contribution is 2.34. The number of amides is 1. The number of ether oxygens (including phenoxy) is 1. The number of aliphatic carboxylic acids is 1. The lowest BCUT2D eigenvalue weighted by atomic mass is 9.84. The third-order valence-electron chi connectivity index (χ3n) is 5.14. The molecule has 1 aliphatic carbocycles. The van der Waals surface area contributed by atoms with Crippen LogP contribution in [0, 0.1) is 0 Å². The first-order chi connectivity index (χ1) is 14.0. The summed E-state index contributed by atoms with van der Waals surface area (Å²) in [7, 11) is 0. The molecule has 2 aromatic rings. The molecule has 3 N–H and O–H groups in total. The number of rotatable bonds is 2. The van der Waals surface area contributed by atoms with Crippen molar-refractivity contribution in [3.63, 3.8) is 0 Å². The summed E-state index contributed by atoms with van der Waals surface area (Å²) >= 11 is 0. The fourth-order valence-electron chi connectivity index (χ4n) is 3.77. The minimum atomic E-state index is -0.833. The van der Waals surface area contributed by atoms with E-state index in [1.807, 2.05) is 12.1 Å². The van der Waals surface area contributed by atoms with E-state index in [4.69, 9.17) is 20.4 Å². The Kier molecular flexibility index (Phi) is 6.64. The summed E-state index contributed by atoms with van der Waals surface area (Å²) in [4.78, 5) is 31.6. The zero-order valence-corrected chi connectivity index (χ0v) is 16.5. The molecule has 1 aromatic heterocycles. The number of carbonyl (C=O) groups excluding carboxylic acids is 1. The van der Waals surface area contributed by atoms with Gasteiger partial charge in [-0.2, -0.15) is 0 Å². The van der Waals surface area contributed by atoms with Crippen molar-refractivity contribution in [2.75, 3.05) is 23.8 Å². The molecule has 8 nitrogen and oxygen atoms in total. The number of hydrogen-bond donors (Lipinski definition) is 2. The second-order valence-corrected chi connectivity index (χ2v) is 7.19. The number of fused-ring (bicyclic) bond motifs is 1. The number of carboxylic acid groups (broad SMARTS) is 1. The van der Waals surface area contributed by atoms with Crippen molar-refractivity contribution >= 4 is 23.4 Å². The van der Waals surface area contributed by atoms with E-state index in [2.05, 4.69) is 22.1 Å². The Morgan fingerprint density at radius 1 is 1.17 bits per heavy atom. The van der Waals surface area contributed by atoms with Crippen LogP contribution in [0.2, 0.25) is 0 Å². The number of nitrogens with zero attached hydrogens (tertiary/aromatic N) is 3. The molecule has 1 fully saturated rings. The number of hydrogen-bond acceptors (Lipinski definition) is 6. The van der Waals surface area contributed by atoms with Gasteiger partial charge in [0.1, 0.15) is 24.3 Å². The number of benzene rings is 1. The van der Waals surface area contributed by atoms with E-state index in [-0.39, 0.29) is 23.2 Å². The number of aromatic nitrogens is 2. The maximum atomic E-state index is 12.9. The maximum absolute atomic E-state index is 12.9. The van der Waals surface area contributed by atoms with Crippen molar-refractivity contribution < 1.29 is 19.4 Å². The van der Waals surface area contributed by atoms with Gasteiger partial charge in [-0.05, 0) is 36.5 Å². The fourth-order valence-corrected chi connectivity index (χ4v) is 3.77. The van der Waals surface area contributed by atoms with Gasteiger partial charge < -0.3 is 20.5 Å². The number of nitrogen functional groups attached to an aromatic ring is 1. The Bertz CT molecular complexity index is 859. The van der Waals surface area contributed by atoms with Crippen molar-refractivity contribution in [2.24, 2.45) is 0 Å². The minimum Gasteiger partial charge on any atom is -0.481 e. The molecular weight excluding hydrogens is 372 g/mol. The van der Waals surface area contributed by atoms with E-state index in [1.54, 1.807) is 4.90 Å². The van der Waals surface area contributed by atoms with Gasteiger partial charge in [-0.3, -0.25) is 9.59 Å². The highest BCUT2D eigenvalue weighted by atomic mass is 16.5. The van der Waals surface area contributed by atoms with Crippen molar-refractivity contribution in [2.45, 2.75) is 44.9 Å². The van der Waals surface area contributed by atoms with E-state index in [0.29, 0.717) is 19.1 Å². The lowest BCUT2D eigenvalue weighted by molar-refractivity contribution is -0.134. The van der Waals surface area contributed by atoms with Crippen molar-refractivity contribution in [1.29, 1.82) is 0 Å². The first-order valence-corrected chi connectivity index (χ1v) is 9.82. The molecule has 0 bridgehead atoms. The van der Waals surface area contributed by atoms with E-state index < -0.39 is 5.97 Å². The van der Waals surface area contributed by atoms with Crippen LogP contribution in [0.25, 0.3) is 0 Å². The molecule has 0 saturated heterocycles. The van der Waals surface area contributed by atoms with Crippen LogP contribution in [0.4, 0.5) is 11.5 Å². The van der Waals surface area contributed by atoms with E-state index in [9.17, 15) is 4.79 Å². The molecule has 0 radical (unpaired) electrons. The van der Waals surface area contributed by atoms with E-state index >= 15 is 0 Å². The van der Waals surface area contributed by atoms with Crippen LogP contribution in [-0.4, -0.2) is 40.1 Å². The second-order valence-electron chi connectivity index (χ2n) is 7.19. The SMILES string of the molecule is CC(=O)O.Nc1ncnc2c1C(=O)N(c1ccc(C3CCCCC3)cc1)CCO2. The van der Waals surface area contributed by atoms with Crippen LogP contribution < -0.4 is 15.4 Å². The summed E-state index contributed by atoms with van der Waals surface area (Å²) in [6.07, 6.45) is 7.80. The average molecular weight is 398 g/mol. The molecule has 0 unspecified atom stereocenters. The molecule has 154 valence electrons. The highest BCUT2D eigenvalue weighted by Gasteiger charge is 2.28. The van der Waals surface area contributed by atoms with Gasteiger partial charge in [-0.15, -0.1) is 0 Å². The summed E-state index contributed by atoms with van der Waals surface area (Å²) < 4.78 is 5.58. The summed E-state index contributed by atoms with van der Waals surface area (Å²) in [6.45, 7) is 1.91. The molecular formula is C21H26N4O4. The first kappa shape index (κ1) is 20.6. The Hall–Kier alpha value is -3.16. The standard InChI is InChI=1S/C19H22N4O2.C2H4O2/c20-17-16-18(22-12-21-17)25-11-10-23(19(16)24)15-8-6-14(7-9-15)13-4-2-1-3-5-13;1-2(3)4/h6-9,12-13H,1-5,10-11H2,(H2,20,21,22);1H3,(H,3,4). The molecule has 4 rings (SSSR count). The van der Waals surface area contributed by atoms with Crippen LogP contribution in [-0.2, 0) is 4.79 Å². The normalized spacial score (nSPS) is 16.7. The molecule has 0 spiro atoms. The van der Waals surface area contributed by atoms with Crippen LogP contribution in [0.3, 0.4) is 0 Å². The van der Waals surface area contributed by atoms with Gasteiger partial charge in [0.25, 0.3) is 11.9 Å². The Balaban J connectivity index is 0.000000552. The number of carbonyl (C=O) groups is 2. The van der Waals surface area contributed by atoms with Gasteiger partial charge in [-0.25, -0.2) is 9.97 Å². The van der Waals surface area contributed by atoms with Crippen LogP contribution in [0.5, 0.6) is 5.88 Å². The maximum Gasteiger partial charge on any atom is 0.300 e. The third kappa shape index (κ3) is 5.01. The van der Waals surface area contributed by atoms with E-state index in [1.165, 1.54) is 44.0 Å². The molecule has 0 atom stereocenters. The fraction of sp³-hybridized carbons (Fsp3) is 0.429.